The Kier molecular flexibility index (Phi) is 3.80. The molecule has 1 N–H and O–H groups in total. The normalized spacial score (nSPS) is 11.8. The lowest BCUT2D eigenvalue weighted by Crippen LogP contribution is -2.21. The second-order valence-corrected chi connectivity index (χ2v) is 3.11. The molecule has 80 valence electrons. The molecule has 0 fully saturated rings. The molecule has 0 radical (unpaired) electrons. The summed E-state index contributed by atoms with van der Waals surface area (Å²) in [5.74, 6) is -0.625. The van der Waals surface area contributed by atoms with E-state index in [-0.39, 0.29) is 6.01 Å². The molecular weight excluding hydrogens is 196 g/mol. The Balaban J connectivity index is 2.58. The fourth-order valence-corrected chi connectivity index (χ4v) is 1.08. The first-order valence-electron chi connectivity index (χ1n) is 4.68. The number of nitriles is 1. The minimum atomic E-state index is -0.665. The van der Waals surface area contributed by atoms with E-state index in [9.17, 15) is 4.79 Å². The maximum Gasteiger partial charge on any atom is 0.328 e. The van der Waals surface area contributed by atoms with Gasteiger partial charge in [0.1, 0.15) is 5.92 Å². The number of carbonyl (C=O) groups excluding carboxylic acids is 1. The van der Waals surface area contributed by atoms with Gasteiger partial charge in [0.2, 0.25) is 5.91 Å². The Morgan fingerprint density at radius 1 is 1.73 bits per heavy atom. The van der Waals surface area contributed by atoms with Crippen molar-refractivity contribution in [2.75, 3.05) is 5.32 Å². The van der Waals surface area contributed by atoms with Gasteiger partial charge >= 0.3 is 6.01 Å². The van der Waals surface area contributed by atoms with E-state index in [4.69, 9.17) is 9.78 Å². The smallest absolute Gasteiger partial charge is 0.315 e. The molecule has 0 aliphatic rings. The van der Waals surface area contributed by atoms with Crippen LogP contribution in [0.1, 0.15) is 25.6 Å². The van der Waals surface area contributed by atoms with Gasteiger partial charge in [0.15, 0.2) is 5.82 Å². The number of hydrogen-bond donors (Lipinski definition) is 1. The highest BCUT2D eigenvalue weighted by Crippen LogP contribution is 2.09. The number of rotatable bonds is 4. The summed E-state index contributed by atoms with van der Waals surface area (Å²) in [6.07, 6.45) is 1.30. The number of hydrogen-bond acceptors (Lipinski definition) is 5. The van der Waals surface area contributed by atoms with Gasteiger partial charge in [0.05, 0.1) is 6.07 Å². The summed E-state index contributed by atoms with van der Waals surface area (Å²) in [5, 5.41) is 14.6. The van der Waals surface area contributed by atoms with Crippen LogP contribution in [0.5, 0.6) is 0 Å². The number of anilines is 1. The van der Waals surface area contributed by atoms with Crippen LogP contribution in [-0.2, 0) is 4.79 Å². The number of amides is 1. The van der Waals surface area contributed by atoms with Gasteiger partial charge in [-0.2, -0.15) is 10.2 Å². The molecule has 0 bridgehead atoms. The lowest BCUT2D eigenvalue weighted by molar-refractivity contribution is -0.118. The fraction of sp³-hybridized carbons (Fsp3) is 0.556. The molecule has 1 atom stereocenters. The van der Waals surface area contributed by atoms with E-state index in [1.807, 2.05) is 13.0 Å². The molecule has 0 aromatic carbocycles. The van der Waals surface area contributed by atoms with E-state index < -0.39 is 11.8 Å². The molecule has 1 rings (SSSR count). The van der Waals surface area contributed by atoms with Crippen LogP contribution in [0.4, 0.5) is 6.01 Å². The highest BCUT2D eigenvalue weighted by molar-refractivity contribution is 5.92. The second kappa shape index (κ2) is 5.10. The predicted octanol–water partition coefficient (Wildman–Crippen LogP) is 1.26. The summed E-state index contributed by atoms with van der Waals surface area (Å²) >= 11 is 0. The zero-order chi connectivity index (χ0) is 11.3. The quantitative estimate of drug-likeness (QED) is 0.804. The van der Waals surface area contributed by atoms with Gasteiger partial charge in [-0.3, -0.25) is 10.1 Å². The van der Waals surface area contributed by atoms with Crippen molar-refractivity contribution in [2.45, 2.75) is 26.7 Å². The van der Waals surface area contributed by atoms with E-state index in [0.717, 1.165) is 6.42 Å². The Labute approximate surface area is 87.3 Å². The van der Waals surface area contributed by atoms with Crippen LogP contribution >= 0.6 is 0 Å². The highest BCUT2D eigenvalue weighted by Gasteiger charge is 2.18. The molecule has 0 aliphatic heterocycles. The molecule has 1 heterocycles. The van der Waals surface area contributed by atoms with Crippen molar-refractivity contribution in [1.29, 1.82) is 5.26 Å². The first-order valence-corrected chi connectivity index (χ1v) is 4.68. The maximum absolute atomic E-state index is 11.5. The third-order valence-electron chi connectivity index (χ3n) is 1.81. The number of aromatic nitrogens is 2. The SMILES string of the molecule is CCCC(C#N)C(=O)Nc1nc(C)no1. The standard InChI is InChI=1S/C9H12N4O2/c1-3-4-7(5-10)8(14)12-9-11-6(2)13-15-9/h7H,3-4H2,1-2H3,(H,11,12,13,14). The summed E-state index contributed by atoms with van der Waals surface area (Å²) in [6.45, 7) is 3.56. The largest absolute Gasteiger partial charge is 0.328 e. The first-order chi connectivity index (χ1) is 7.17. The molecule has 1 aromatic heterocycles. The number of aryl methyl sites for hydroxylation is 1. The average molecular weight is 208 g/mol. The maximum atomic E-state index is 11.5. The molecule has 0 saturated carbocycles. The monoisotopic (exact) mass is 208 g/mol. The van der Waals surface area contributed by atoms with Crippen LogP contribution in [0.3, 0.4) is 0 Å². The van der Waals surface area contributed by atoms with Crippen LogP contribution in [0.25, 0.3) is 0 Å². The summed E-state index contributed by atoms with van der Waals surface area (Å²) in [6, 6.07) is 1.96. The van der Waals surface area contributed by atoms with Crippen molar-refractivity contribution in [1.82, 2.24) is 10.1 Å². The van der Waals surface area contributed by atoms with Crippen molar-refractivity contribution >= 4 is 11.9 Å². The van der Waals surface area contributed by atoms with Crippen molar-refractivity contribution < 1.29 is 9.32 Å². The number of carbonyl (C=O) groups is 1. The second-order valence-electron chi connectivity index (χ2n) is 3.11. The van der Waals surface area contributed by atoms with Gasteiger partial charge in [0, 0.05) is 0 Å². The van der Waals surface area contributed by atoms with Crippen molar-refractivity contribution in [3.05, 3.63) is 5.82 Å². The van der Waals surface area contributed by atoms with Crippen LogP contribution in [0.15, 0.2) is 4.52 Å². The fourth-order valence-electron chi connectivity index (χ4n) is 1.08. The van der Waals surface area contributed by atoms with Crippen LogP contribution in [0, 0.1) is 24.2 Å². The van der Waals surface area contributed by atoms with Crippen molar-refractivity contribution in [3.63, 3.8) is 0 Å². The lowest BCUT2D eigenvalue weighted by atomic mass is 10.1. The molecule has 15 heavy (non-hydrogen) atoms. The molecule has 6 nitrogen and oxygen atoms in total. The van der Waals surface area contributed by atoms with Gasteiger partial charge in [-0.25, -0.2) is 0 Å². The molecule has 0 spiro atoms. The summed E-state index contributed by atoms with van der Waals surface area (Å²) in [5.41, 5.74) is 0. The van der Waals surface area contributed by atoms with Gasteiger partial charge in [-0.1, -0.05) is 18.5 Å². The molecule has 1 aromatic rings. The van der Waals surface area contributed by atoms with Gasteiger partial charge in [-0.15, -0.1) is 0 Å². The Morgan fingerprint density at radius 3 is 2.93 bits per heavy atom. The van der Waals surface area contributed by atoms with Crippen molar-refractivity contribution in [3.8, 4) is 6.07 Å². The van der Waals surface area contributed by atoms with E-state index in [1.54, 1.807) is 6.92 Å². The first kappa shape index (κ1) is 11.2. The van der Waals surface area contributed by atoms with Gasteiger partial charge in [0.25, 0.3) is 0 Å². The van der Waals surface area contributed by atoms with E-state index in [2.05, 4.69) is 15.5 Å². The van der Waals surface area contributed by atoms with E-state index in [0.29, 0.717) is 12.2 Å². The van der Waals surface area contributed by atoms with Crippen LogP contribution in [0.2, 0.25) is 0 Å². The third kappa shape index (κ3) is 3.06. The topological polar surface area (TPSA) is 91.8 Å². The van der Waals surface area contributed by atoms with Crippen LogP contribution < -0.4 is 5.32 Å². The summed E-state index contributed by atoms with van der Waals surface area (Å²) in [4.78, 5) is 15.3. The molecule has 6 heteroatoms. The van der Waals surface area contributed by atoms with E-state index >= 15 is 0 Å². The number of nitrogens with zero attached hydrogens (tertiary/aromatic N) is 3. The Hall–Kier alpha value is -1.90. The molecule has 0 aliphatic carbocycles. The minimum Gasteiger partial charge on any atom is -0.315 e. The zero-order valence-electron chi connectivity index (χ0n) is 8.65. The summed E-state index contributed by atoms with van der Waals surface area (Å²) < 4.78 is 4.71. The van der Waals surface area contributed by atoms with E-state index in [1.165, 1.54) is 0 Å². The van der Waals surface area contributed by atoms with Crippen LogP contribution in [-0.4, -0.2) is 16.0 Å². The minimum absolute atomic E-state index is 0.0360. The van der Waals surface area contributed by atoms with Gasteiger partial charge < -0.3 is 4.52 Å². The van der Waals surface area contributed by atoms with Gasteiger partial charge in [-0.05, 0) is 13.3 Å². The predicted molar refractivity (Wildman–Crippen MR) is 51.7 cm³/mol. The molecule has 0 saturated heterocycles. The molecule has 1 amide bonds. The zero-order valence-corrected chi connectivity index (χ0v) is 8.65. The Morgan fingerprint density at radius 2 is 2.47 bits per heavy atom. The highest BCUT2D eigenvalue weighted by atomic mass is 16.5. The van der Waals surface area contributed by atoms with Crippen molar-refractivity contribution in [2.24, 2.45) is 5.92 Å². The average Bonchev–Trinajstić information content (AvgIpc) is 2.60. The molecule has 1 unspecified atom stereocenters. The third-order valence-corrected chi connectivity index (χ3v) is 1.81. The Bertz CT molecular complexity index is 380. The summed E-state index contributed by atoms with van der Waals surface area (Å²) in [7, 11) is 0. The lowest BCUT2D eigenvalue weighted by Gasteiger charge is -2.04. The molecular formula is C9H12N4O2. The number of nitrogens with one attached hydrogen (secondary N) is 1.